The van der Waals surface area contributed by atoms with Crippen LogP contribution < -0.4 is 16.0 Å². The Balaban J connectivity index is 4.37. The molecule has 5 N–H and O–H groups in total. The topological polar surface area (TPSA) is 341 Å². The minimum Gasteiger partial charge on any atom is -0.480 e. The molecule has 0 aromatic heterocycles. The van der Waals surface area contributed by atoms with Gasteiger partial charge in [0.05, 0.1) is 0 Å². The minimum atomic E-state index is -1.36. The van der Waals surface area contributed by atoms with E-state index in [1.54, 1.807) is 0 Å². The maximum absolute atomic E-state index is 12.1. The molecule has 42 heavy (non-hydrogen) atoms. The highest BCUT2D eigenvalue weighted by Gasteiger charge is 2.21. The Morgan fingerprint density at radius 1 is 0.738 bits per heavy atom. The van der Waals surface area contributed by atoms with E-state index in [1.807, 2.05) is 0 Å². The standard InChI is InChI=1S/C18H30N8O16/c19-18(22-16(28)8-2-5-13(42-26(37)38)11-40-24(33)34)20-9-3-6-14(17(29)30)21-15(27)7-1-4-12(41-25(35)36)10-39-23(31)32/h12-14H,1-11H2,(H,21,27)(H,29,30)(H3,19,20,22,28). The lowest BCUT2D eigenvalue weighted by atomic mass is 10.1. The minimum absolute atomic E-state index is 0.00869. The van der Waals surface area contributed by atoms with Gasteiger partial charge in [-0.3, -0.25) is 20.3 Å². The zero-order valence-electron chi connectivity index (χ0n) is 21.9. The lowest BCUT2D eigenvalue weighted by molar-refractivity contribution is -0.790. The Morgan fingerprint density at radius 2 is 1.21 bits per heavy atom. The lowest BCUT2D eigenvalue weighted by Gasteiger charge is -2.16. The number of nitrogens with zero attached hydrogens (tertiary/aromatic N) is 4. The zero-order valence-corrected chi connectivity index (χ0v) is 21.9. The summed E-state index contributed by atoms with van der Waals surface area (Å²) in [6, 6.07) is -1.32. The molecule has 0 aliphatic heterocycles. The number of guanidine groups is 1. The van der Waals surface area contributed by atoms with Crippen LogP contribution in [-0.4, -0.2) is 87.2 Å². The first-order valence-corrected chi connectivity index (χ1v) is 12.0. The van der Waals surface area contributed by atoms with Crippen LogP contribution in [0.5, 0.6) is 0 Å². The zero-order chi connectivity index (χ0) is 32.1. The third kappa shape index (κ3) is 20.6. The summed E-state index contributed by atoms with van der Waals surface area (Å²) in [4.78, 5) is 93.3. The van der Waals surface area contributed by atoms with Crippen molar-refractivity contribution in [2.45, 2.75) is 69.6 Å². The average Bonchev–Trinajstić information content (AvgIpc) is 2.86. The van der Waals surface area contributed by atoms with Gasteiger partial charge in [0.15, 0.2) is 5.96 Å². The summed E-state index contributed by atoms with van der Waals surface area (Å²) in [5, 5.41) is 60.7. The third-order valence-electron chi connectivity index (χ3n) is 4.93. The Hall–Kier alpha value is -5.32. The quantitative estimate of drug-likeness (QED) is 0.0282. The van der Waals surface area contributed by atoms with E-state index in [0.717, 1.165) is 0 Å². The van der Waals surface area contributed by atoms with Crippen LogP contribution >= 0.6 is 0 Å². The molecule has 0 heterocycles. The largest absolute Gasteiger partial charge is 0.480 e. The Labute approximate surface area is 234 Å². The van der Waals surface area contributed by atoms with Gasteiger partial charge in [0.25, 0.3) is 20.3 Å². The number of hydrogen-bond acceptors (Lipinski definition) is 16. The number of carboxylic acids is 1. The number of nitrogens with one attached hydrogen (secondary N) is 4. The van der Waals surface area contributed by atoms with E-state index in [1.165, 1.54) is 0 Å². The molecule has 0 saturated carbocycles. The van der Waals surface area contributed by atoms with Crippen LogP contribution in [0.4, 0.5) is 0 Å². The van der Waals surface area contributed by atoms with Gasteiger partial charge in [0.2, 0.25) is 11.8 Å². The monoisotopic (exact) mass is 614 g/mol. The summed E-state index contributed by atoms with van der Waals surface area (Å²) in [6.45, 7) is -1.44. The number of rotatable bonds is 24. The molecule has 0 radical (unpaired) electrons. The van der Waals surface area contributed by atoms with Crippen LogP contribution in [0.3, 0.4) is 0 Å². The summed E-state index contributed by atoms with van der Waals surface area (Å²) in [7, 11) is 0. The molecule has 3 atom stereocenters. The van der Waals surface area contributed by atoms with Gasteiger partial charge >= 0.3 is 5.97 Å². The SMILES string of the molecule is N=C(NCCCC(NC(=O)CCCC(CO[N+](=O)[O-])O[N+](=O)[O-])C(=O)O)NC(=O)CCCC(CO[N+](=O)[O-])O[N+](=O)[O-]. The molecule has 0 fully saturated rings. The lowest BCUT2D eigenvalue weighted by Crippen LogP contribution is -2.43. The molecule has 0 bridgehead atoms. The molecule has 3 unspecified atom stereocenters. The van der Waals surface area contributed by atoms with Crippen LogP contribution in [-0.2, 0) is 33.7 Å². The van der Waals surface area contributed by atoms with Crippen molar-refractivity contribution in [3.05, 3.63) is 40.5 Å². The fourth-order valence-electron chi connectivity index (χ4n) is 3.13. The van der Waals surface area contributed by atoms with Gasteiger partial charge < -0.3 is 35.1 Å². The molecule has 2 amide bonds. The third-order valence-corrected chi connectivity index (χ3v) is 4.93. The number of carbonyl (C=O) groups excluding carboxylic acids is 2. The Kier molecular flexibility index (Phi) is 18.0. The number of amides is 2. The molecule has 0 rings (SSSR count). The summed E-state index contributed by atoms with van der Waals surface area (Å²) >= 11 is 0. The molecule has 24 nitrogen and oxygen atoms in total. The molecule has 0 saturated heterocycles. The highest BCUT2D eigenvalue weighted by atomic mass is 17.0. The van der Waals surface area contributed by atoms with Gasteiger partial charge in [-0.1, -0.05) is 0 Å². The number of aliphatic carboxylic acids is 1. The van der Waals surface area contributed by atoms with Gasteiger partial charge in [0.1, 0.15) is 31.5 Å². The smallest absolute Gasteiger partial charge is 0.326 e. The predicted octanol–water partition coefficient (Wildman–Crippen LogP) is -1.11. The molecule has 0 aliphatic rings. The maximum atomic E-state index is 12.1. The summed E-state index contributed by atoms with van der Waals surface area (Å²) in [6.07, 6.45) is -3.35. The highest BCUT2D eigenvalue weighted by Crippen LogP contribution is 2.08. The first kappa shape index (κ1) is 36.7. The molecular formula is C18H30N8O16. The van der Waals surface area contributed by atoms with Crippen molar-refractivity contribution in [2.24, 2.45) is 0 Å². The van der Waals surface area contributed by atoms with Gasteiger partial charge in [0, 0.05) is 19.4 Å². The van der Waals surface area contributed by atoms with Crippen molar-refractivity contribution in [1.29, 1.82) is 5.41 Å². The van der Waals surface area contributed by atoms with E-state index in [-0.39, 0.29) is 57.9 Å². The Morgan fingerprint density at radius 3 is 1.64 bits per heavy atom. The summed E-state index contributed by atoms with van der Waals surface area (Å²) in [5.41, 5.74) is 0. The van der Waals surface area contributed by atoms with Crippen molar-refractivity contribution in [2.75, 3.05) is 19.8 Å². The fraction of sp³-hybridized carbons (Fsp3) is 0.778. The summed E-state index contributed by atoms with van der Waals surface area (Å²) in [5.74, 6) is -3.16. The number of carbonyl (C=O) groups is 3. The maximum Gasteiger partial charge on any atom is 0.326 e. The molecule has 0 aromatic carbocycles. The van der Waals surface area contributed by atoms with Crippen molar-refractivity contribution in [1.82, 2.24) is 16.0 Å². The van der Waals surface area contributed by atoms with Crippen LogP contribution in [0.15, 0.2) is 0 Å². The molecular weight excluding hydrogens is 584 g/mol. The van der Waals surface area contributed by atoms with Crippen LogP contribution in [0, 0.1) is 45.9 Å². The van der Waals surface area contributed by atoms with Crippen LogP contribution in [0.1, 0.15) is 51.4 Å². The van der Waals surface area contributed by atoms with E-state index in [0.29, 0.717) is 0 Å². The van der Waals surface area contributed by atoms with Crippen LogP contribution in [0.25, 0.3) is 0 Å². The first-order chi connectivity index (χ1) is 19.7. The second-order valence-corrected chi connectivity index (χ2v) is 8.18. The van der Waals surface area contributed by atoms with Gasteiger partial charge in [-0.15, -0.1) is 40.5 Å². The molecule has 24 heteroatoms. The van der Waals surface area contributed by atoms with Crippen molar-refractivity contribution in [3.63, 3.8) is 0 Å². The fourth-order valence-corrected chi connectivity index (χ4v) is 3.13. The second-order valence-electron chi connectivity index (χ2n) is 8.18. The van der Waals surface area contributed by atoms with E-state index >= 15 is 0 Å². The number of hydrogen-bond donors (Lipinski definition) is 5. The Bertz CT molecular complexity index is 966. The van der Waals surface area contributed by atoms with Crippen LogP contribution in [0.2, 0.25) is 0 Å². The van der Waals surface area contributed by atoms with E-state index in [9.17, 15) is 59.9 Å². The predicted molar refractivity (Wildman–Crippen MR) is 130 cm³/mol. The molecule has 0 aromatic rings. The van der Waals surface area contributed by atoms with Crippen molar-refractivity contribution >= 4 is 23.7 Å². The van der Waals surface area contributed by atoms with E-state index < -0.39 is 75.6 Å². The van der Waals surface area contributed by atoms with Gasteiger partial charge in [-0.25, -0.2) is 4.79 Å². The summed E-state index contributed by atoms with van der Waals surface area (Å²) < 4.78 is 0. The van der Waals surface area contributed by atoms with Crippen molar-refractivity contribution < 1.29 is 59.2 Å². The van der Waals surface area contributed by atoms with E-state index in [2.05, 4.69) is 35.3 Å². The average molecular weight is 614 g/mol. The number of carboxylic acid groups (broad SMARTS) is 1. The first-order valence-electron chi connectivity index (χ1n) is 12.0. The molecule has 0 aliphatic carbocycles. The molecule has 0 spiro atoms. The molecule has 238 valence electrons. The normalized spacial score (nSPS) is 12.4. The van der Waals surface area contributed by atoms with Gasteiger partial charge in [-0.05, 0) is 38.5 Å². The van der Waals surface area contributed by atoms with E-state index in [4.69, 9.17) is 5.41 Å². The second kappa shape index (κ2) is 20.6. The van der Waals surface area contributed by atoms with Crippen molar-refractivity contribution in [3.8, 4) is 0 Å². The highest BCUT2D eigenvalue weighted by molar-refractivity contribution is 5.95. The van der Waals surface area contributed by atoms with Gasteiger partial charge in [-0.2, -0.15) is 0 Å².